The fourth-order valence-corrected chi connectivity index (χ4v) is 2.92. The van der Waals surface area contributed by atoms with Gasteiger partial charge in [-0.1, -0.05) is 48.8 Å². The van der Waals surface area contributed by atoms with Crippen LogP contribution in [0.2, 0.25) is 0 Å². The largest absolute Gasteiger partial charge is 0.481 e. The van der Waals surface area contributed by atoms with Crippen LogP contribution < -0.4 is 0 Å². The number of thioether (sulfide) groups is 1. The van der Waals surface area contributed by atoms with Gasteiger partial charge in [0, 0.05) is 15.0 Å². The summed E-state index contributed by atoms with van der Waals surface area (Å²) >= 11 is 5.11. The first-order chi connectivity index (χ1) is 8.28. The van der Waals surface area contributed by atoms with E-state index >= 15 is 0 Å². The van der Waals surface area contributed by atoms with Crippen molar-refractivity contribution in [3.8, 4) is 0 Å². The molecule has 0 fully saturated rings. The molecule has 2 nitrogen and oxygen atoms in total. The topological polar surface area (TPSA) is 37.3 Å². The van der Waals surface area contributed by atoms with Crippen LogP contribution >= 0.6 is 27.7 Å². The van der Waals surface area contributed by atoms with E-state index in [2.05, 4.69) is 36.7 Å². The quantitative estimate of drug-likeness (QED) is 0.877. The summed E-state index contributed by atoms with van der Waals surface area (Å²) in [7, 11) is 0. The van der Waals surface area contributed by atoms with Crippen LogP contribution in [-0.2, 0) is 11.2 Å². The molecule has 0 amide bonds. The van der Waals surface area contributed by atoms with Crippen molar-refractivity contribution < 1.29 is 9.90 Å². The SMILES string of the molecule is CC(C)(C)SCC(Cc1cccc(Br)c1)C(=O)O. The third-order valence-electron chi connectivity index (χ3n) is 2.44. The number of benzene rings is 1. The van der Waals surface area contributed by atoms with Crippen LogP contribution in [0.3, 0.4) is 0 Å². The maximum atomic E-state index is 11.3. The van der Waals surface area contributed by atoms with E-state index in [1.807, 2.05) is 24.3 Å². The van der Waals surface area contributed by atoms with E-state index < -0.39 is 5.97 Å². The van der Waals surface area contributed by atoms with Crippen molar-refractivity contribution in [2.24, 2.45) is 5.92 Å². The van der Waals surface area contributed by atoms with Crippen LogP contribution in [0, 0.1) is 5.92 Å². The maximum absolute atomic E-state index is 11.3. The van der Waals surface area contributed by atoms with Crippen LogP contribution in [0.15, 0.2) is 28.7 Å². The van der Waals surface area contributed by atoms with Crippen molar-refractivity contribution in [1.29, 1.82) is 0 Å². The normalized spacial score (nSPS) is 13.3. The predicted molar refractivity (Wildman–Crippen MR) is 81.2 cm³/mol. The van der Waals surface area contributed by atoms with E-state index in [0.717, 1.165) is 10.0 Å². The summed E-state index contributed by atoms with van der Waals surface area (Å²) < 4.78 is 1.10. The fraction of sp³-hybridized carbons (Fsp3) is 0.500. The van der Waals surface area contributed by atoms with Gasteiger partial charge in [0.1, 0.15) is 0 Å². The smallest absolute Gasteiger partial charge is 0.307 e. The molecule has 0 aromatic heterocycles. The van der Waals surface area contributed by atoms with Crippen LogP contribution in [0.25, 0.3) is 0 Å². The first-order valence-corrected chi connectivity index (χ1v) is 7.67. The number of carboxylic acids is 1. The Labute approximate surface area is 121 Å². The highest BCUT2D eigenvalue weighted by atomic mass is 79.9. The Kier molecular flexibility index (Phi) is 5.73. The molecule has 1 N–H and O–H groups in total. The van der Waals surface area contributed by atoms with Gasteiger partial charge in [0.2, 0.25) is 0 Å². The van der Waals surface area contributed by atoms with Gasteiger partial charge in [-0.05, 0) is 24.1 Å². The molecule has 0 spiro atoms. The Morgan fingerprint density at radius 3 is 2.61 bits per heavy atom. The number of hydrogen-bond donors (Lipinski definition) is 1. The molecule has 1 atom stereocenters. The van der Waals surface area contributed by atoms with Gasteiger partial charge in [0.25, 0.3) is 0 Å². The summed E-state index contributed by atoms with van der Waals surface area (Å²) in [6, 6.07) is 7.85. The predicted octanol–water partition coefficient (Wildman–Crippen LogP) is 4.22. The van der Waals surface area contributed by atoms with Gasteiger partial charge in [0.15, 0.2) is 0 Å². The van der Waals surface area contributed by atoms with Crippen molar-refractivity contribution in [3.05, 3.63) is 34.3 Å². The zero-order chi connectivity index (χ0) is 13.8. The van der Waals surface area contributed by atoms with Crippen LogP contribution in [0.4, 0.5) is 0 Å². The lowest BCUT2D eigenvalue weighted by Crippen LogP contribution is -2.22. The Hall–Kier alpha value is -0.480. The van der Waals surface area contributed by atoms with Crippen molar-refractivity contribution in [1.82, 2.24) is 0 Å². The zero-order valence-electron chi connectivity index (χ0n) is 10.9. The minimum Gasteiger partial charge on any atom is -0.481 e. The molecule has 1 aromatic carbocycles. The molecule has 4 heteroatoms. The van der Waals surface area contributed by atoms with E-state index in [1.54, 1.807) is 11.8 Å². The Bertz CT molecular complexity index is 413. The highest BCUT2D eigenvalue weighted by molar-refractivity contribution is 9.10. The maximum Gasteiger partial charge on any atom is 0.307 e. The number of hydrogen-bond acceptors (Lipinski definition) is 2. The van der Waals surface area contributed by atoms with Gasteiger partial charge in [-0.15, -0.1) is 0 Å². The molecule has 0 heterocycles. The van der Waals surface area contributed by atoms with Gasteiger partial charge < -0.3 is 5.11 Å². The Balaban J connectivity index is 2.66. The molecule has 0 saturated heterocycles. The lowest BCUT2D eigenvalue weighted by molar-refractivity contribution is -0.140. The van der Waals surface area contributed by atoms with Gasteiger partial charge in [-0.3, -0.25) is 4.79 Å². The number of halogens is 1. The first-order valence-electron chi connectivity index (χ1n) is 5.89. The highest BCUT2D eigenvalue weighted by Gasteiger charge is 2.21. The Morgan fingerprint density at radius 1 is 1.44 bits per heavy atom. The van der Waals surface area contributed by atoms with E-state index in [4.69, 9.17) is 0 Å². The summed E-state index contributed by atoms with van der Waals surface area (Å²) in [5.74, 6) is -0.402. The number of aliphatic carboxylic acids is 1. The number of carboxylic acid groups (broad SMARTS) is 1. The second-order valence-corrected chi connectivity index (χ2v) is 8.06. The summed E-state index contributed by atoms with van der Waals surface area (Å²) in [5, 5.41) is 9.28. The summed E-state index contributed by atoms with van der Waals surface area (Å²) in [4.78, 5) is 11.3. The molecular formula is C14H19BrO2S. The first kappa shape index (κ1) is 15.6. The monoisotopic (exact) mass is 330 g/mol. The molecular weight excluding hydrogens is 312 g/mol. The molecule has 1 aromatic rings. The molecule has 0 aliphatic heterocycles. The zero-order valence-corrected chi connectivity index (χ0v) is 13.3. The van der Waals surface area contributed by atoms with Crippen LogP contribution in [0.1, 0.15) is 26.3 Å². The van der Waals surface area contributed by atoms with E-state index in [1.165, 1.54) is 0 Å². The van der Waals surface area contributed by atoms with Gasteiger partial charge in [-0.25, -0.2) is 0 Å². The molecule has 0 bridgehead atoms. The number of rotatable bonds is 5. The lowest BCUT2D eigenvalue weighted by Gasteiger charge is -2.20. The van der Waals surface area contributed by atoms with Crippen molar-refractivity contribution in [2.75, 3.05) is 5.75 Å². The standard InChI is InChI=1S/C14H19BrO2S/c1-14(2,3)18-9-11(13(16)17)7-10-5-4-6-12(15)8-10/h4-6,8,11H,7,9H2,1-3H3,(H,16,17). The van der Waals surface area contributed by atoms with Crippen molar-refractivity contribution in [3.63, 3.8) is 0 Å². The third kappa shape index (κ3) is 5.91. The minimum absolute atomic E-state index is 0.102. The van der Waals surface area contributed by atoms with Crippen molar-refractivity contribution in [2.45, 2.75) is 31.9 Å². The molecule has 0 aliphatic carbocycles. The summed E-state index contributed by atoms with van der Waals surface area (Å²) in [5.41, 5.74) is 1.06. The Morgan fingerprint density at radius 2 is 2.11 bits per heavy atom. The number of carbonyl (C=O) groups is 1. The van der Waals surface area contributed by atoms with Crippen LogP contribution in [0.5, 0.6) is 0 Å². The van der Waals surface area contributed by atoms with Gasteiger partial charge >= 0.3 is 5.97 Å². The van der Waals surface area contributed by atoms with E-state index in [9.17, 15) is 9.90 Å². The molecule has 0 aliphatic rings. The molecule has 100 valence electrons. The average Bonchev–Trinajstić information content (AvgIpc) is 2.22. The third-order valence-corrected chi connectivity index (χ3v) is 4.37. The molecule has 1 unspecified atom stereocenters. The van der Waals surface area contributed by atoms with Gasteiger partial charge in [-0.2, -0.15) is 11.8 Å². The highest BCUT2D eigenvalue weighted by Crippen LogP contribution is 2.27. The van der Waals surface area contributed by atoms with Crippen LogP contribution in [-0.4, -0.2) is 21.6 Å². The molecule has 0 saturated carbocycles. The van der Waals surface area contributed by atoms with E-state index in [-0.39, 0.29) is 10.7 Å². The van der Waals surface area contributed by atoms with Crippen molar-refractivity contribution >= 4 is 33.7 Å². The summed E-state index contributed by atoms with van der Waals surface area (Å²) in [6.07, 6.45) is 0.581. The minimum atomic E-state index is -0.716. The second kappa shape index (κ2) is 6.62. The second-order valence-electron chi connectivity index (χ2n) is 5.29. The molecule has 1 rings (SSSR count). The lowest BCUT2D eigenvalue weighted by atomic mass is 10.0. The van der Waals surface area contributed by atoms with Gasteiger partial charge in [0.05, 0.1) is 5.92 Å². The molecule has 0 radical (unpaired) electrons. The fourth-order valence-electron chi connectivity index (χ4n) is 1.52. The summed E-state index contributed by atoms with van der Waals surface area (Å²) in [6.45, 7) is 6.32. The van der Waals surface area contributed by atoms with E-state index in [0.29, 0.717) is 12.2 Å². The average molecular weight is 331 g/mol. The molecule has 18 heavy (non-hydrogen) atoms.